The van der Waals surface area contributed by atoms with Crippen LogP contribution >= 0.6 is 0 Å². The van der Waals surface area contributed by atoms with Gasteiger partial charge < -0.3 is 10.2 Å². The molecule has 5 nitrogen and oxygen atoms in total. The minimum absolute atomic E-state index is 0.232. The van der Waals surface area contributed by atoms with Gasteiger partial charge in [-0.3, -0.25) is 4.79 Å². The molecule has 0 unspecified atom stereocenters. The third-order valence-electron chi connectivity index (χ3n) is 2.79. The van der Waals surface area contributed by atoms with Crippen molar-refractivity contribution in [1.29, 1.82) is 0 Å². The van der Waals surface area contributed by atoms with Crippen LogP contribution in [0.5, 0.6) is 5.75 Å². The highest BCUT2D eigenvalue weighted by Gasteiger charge is 2.09. The van der Waals surface area contributed by atoms with E-state index in [-0.39, 0.29) is 5.91 Å². The molecule has 3 rings (SSSR count). The molecule has 0 saturated carbocycles. The lowest BCUT2D eigenvalue weighted by Crippen LogP contribution is -2.12. The van der Waals surface area contributed by atoms with Crippen molar-refractivity contribution in [2.75, 3.05) is 5.32 Å². The van der Waals surface area contributed by atoms with Crippen LogP contribution in [0.4, 0.5) is 5.82 Å². The first-order valence-electron chi connectivity index (χ1n) is 6.45. The average Bonchev–Trinajstić information content (AvgIpc) is 2.98. The van der Waals surface area contributed by atoms with E-state index in [2.05, 4.69) is 10.3 Å². The first-order chi connectivity index (χ1) is 10.3. The average molecular weight is 279 g/mol. The Morgan fingerprint density at radius 1 is 1.05 bits per heavy atom. The van der Waals surface area contributed by atoms with Crippen molar-refractivity contribution in [3.63, 3.8) is 0 Å². The van der Waals surface area contributed by atoms with Crippen molar-refractivity contribution in [2.24, 2.45) is 0 Å². The lowest BCUT2D eigenvalue weighted by Gasteiger charge is -2.05. The number of rotatable bonds is 4. The number of carbonyl (C=O) groups excluding carboxylic acids is 1. The molecule has 2 aromatic heterocycles. The second-order valence-electron chi connectivity index (χ2n) is 4.33. The molecule has 0 spiro atoms. The van der Waals surface area contributed by atoms with Gasteiger partial charge in [0.2, 0.25) is 0 Å². The van der Waals surface area contributed by atoms with Crippen LogP contribution in [0, 0.1) is 0 Å². The molecule has 0 aliphatic heterocycles. The molecule has 2 heterocycles. The molecular weight excluding hydrogens is 266 g/mol. The van der Waals surface area contributed by atoms with Crippen LogP contribution in [0.3, 0.4) is 0 Å². The third kappa shape index (κ3) is 3.27. The van der Waals surface area contributed by atoms with Gasteiger partial charge in [-0.05, 0) is 30.3 Å². The van der Waals surface area contributed by atoms with Gasteiger partial charge in [-0.15, -0.1) is 0 Å². The maximum atomic E-state index is 12.1. The summed E-state index contributed by atoms with van der Waals surface area (Å²) in [5.74, 6) is 0.980. The van der Waals surface area contributed by atoms with Gasteiger partial charge in [-0.25, -0.2) is 4.98 Å². The predicted octanol–water partition coefficient (Wildman–Crippen LogP) is 2.98. The molecule has 0 fully saturated rings. The number of carbonyl (C=O) groups is 1. The SMILES string of the molecule is O=C(Nc1ccccn1)c1ccn(Oc2ccccc2)c1. The second kappa shape index (κ2) is 5.92. The van der Waals surface area contributed by atoms with E-state index in [0.29, 0.717) is 17.1 Å². The van der Waals surface area contributed by atoms with Gasteiger partial charge in [0.1, 0.15) is 5.82 Å². The molecule has 0 bridgehead atoms. The highest BCUT2D eigenvalue weighted by molar-refractivity contribution is 6.03. The molecule has 0 atom stereocenters. The highest BCUT2D eigenvalue weighted by atomic mass is 16.7. The number of pyridine rings is 1. The van der Waals surface area contributed by atoms with Crippen molar-refractivity contribution < 1.29 is 9.63 Å². The number of hydrogen-bond donors (Lipinski definition) is 1. The van der Waals surface area contributed by atoms with Crippen LogP contribution in [0.25, 0.3) is 0 Å². The molecule has 104 valence electrons. The summed E-state index contributed by atoms with van der Waals surface area (Å²) in [6.07, 6.45) is 4.92. The number of amides is 1. The number of nitrogens with one attached hydrogen (secondary N) is 1. The number of aromatic nitrogens is 2. The van der Waals surface area contributed by atoms with Crippen LogP contribution in [-0.4, -0.2) is 15.6 Å². The molecule has 1 amide bonds. The number of nitrogens with zero attached hydrogens (tertiary/aromatic N) is 2. The zero-order valence-corrected chi connectivity index (χ0v) is 11.1. The van der Waals surface area contributed by atoms with E-state index in [1.807, 2.05) is 36.4 Å². The molecule has 0 aliphatic carbocycles. The van der Waals surface area contributed by atoms with Crippen LogP contribution in [0.1, 0.15) is 10.4 Å². The fourth-order valence-corrected chi connectivity index (χ4v) is 1.80. The first kappa shape index (κ1) is 12.9. The fourth-order valence-electron chi connectivity index (χ4n) is 1.80. The molecule has 0 saturated heterocycles. The van der Waals surface area contributed by atoms with Crippen LogP contribution in [0.15, 0.2) is 73.2 Å². The summed E-state index contributed by atoms with van der Waals surface area (Å²) in [6.45, 7) is 0. The standard InChI is InChI=1S/C16H13N3O2/c20-16(18-15-8-4-5-10-17-15)13-9-11-19(12-13)21-14-6-2-1-3-7-14/h1-12H,(H,17,18,20). The Hall–Kier alpha value is -3.08. The van der Waals surface area contributed by atoms with E-state index >= 15 is 0 Å². The minimum Gasteiger partial charge on any atom is -0.376 e. The summed E-state index contributed by atoms with van der Waals surface area (Å²) in [6, 6.07) is 16.4. The Morgan fingerprint density at radius 3 is 2.62 bits per heavy atom. The van der Waals surface area contributed by atoms with Crippen LogP contribution in [-0.2, 0) is 0 Å². The van der Waals surface area contributed by atoms with Gasteiger partial charge >= 0.3 is 0 Å². The molecular formula is C16H13N3O2. The Morgan fingerprint density at radius 2 is 1.86 bits per heavy atom. The third-order valence-corrected chi connectivity index (χ3v) is 2.79. The zero-order chi connectivity index (χ0) is 14.5. The van der Waals surface area contributed by atoms with Gasteiger partial charge in [0.25, 0.3) is 5.91 Å². The Labute approximate surface area is 121 Å². The molecule has 3 aromatic rings. The summed E-state index contributed by atoms with van der Waals surface area (Å²) >= 11 is 0. The Kier molecular flexibility index (Phi) is 3.64. The van der Waals surface area contributed by atoms with Gasteiger partial charge in [0.05, 0.1) is 11.8 Å². The monoisotopic (exact) mass is 279 g/mol. The van der Waals surface area contributed by atoms with Crippen LogP contribution < -0.4 is 10.2 Å². The summed E-state index contributed by atoms with van der Waals surface area (Å²) < 4.78 is 1.49. The summed E-state index contributed by atoms with van der Waals surface area (Å²) in [7, 11) is 0. The van der Waals surface area contributed by atoms with E-state index in [0.717, 1.165) is 0 Å². The largest absolute Gasteiger partial charge is 0.376 e. The lowest BCUT2D eigenvalue weighted by molar-refractivity contribution is 0.102. The van der Waals surface area contributed by atoms with Crippen molar-refractivity contribution in [1.82, 2.24) is 9.71 Å². The molecule has 1 aromatic carbocycles. The summed E-state index contributed by atoms with van der Waals surface area (Å²) in [5, 5.41) is 2.72. The Balaban J connectivity index is 1.68. The maximum absolute atomic E-state index is 12.1. The molecule has 0 aliphatic rings. The molecule has 21 heavy (non-hydrogen) atoms. The molecule has 0 radical (unpaired) electrons. The van der Waals surface area contributed by atoms with E-state index in [1.165, 1.54) is 4.73 Å². The lowest BCUT2D eigenvalue weighted by atomic mass is 10.3. The second-order valence-corrected chi connectivity index (χ2v) is 4.33. The zero-order valence-electron chi connectivity index (χ0n) is 11.1. The summed E-state index contributed by atoms with van der Waals surface area (Å²) in [4.78, 5) is 21.7. The van der Waals surface area contributed by atoms with Gasteiger partial charge in [0, 0.05) is 12.4 Å². The van der Waals surface area contributed by atoms with Gasteiger partial charge in [-0.1, -0.05) is 24.3 Å². The minimum atomic E-state index is -0.232. The maximum Gasteiger partial charge on any atom is 0.258 e. The fraction of sp³-hybridized carbons (Fsp3) is 0. The number of para-hydroxylation sites is 1. The smallest absolute Gasteiger partial charge is 0.258 e. The van der Waals surface area contributed by atoms with E-state index in [4.69, 9.17) is 4.84 Å². The number of benzene rings is 1. The number of anilines is 1. The van der Waals surface area contributed by atoms with Crippen molar-refractivity contribution in [3.05, 3.63) is 78.8 Å². The molecule has 5 heteroatoms. The normalized spacial score (nSPS) is 10.1. The van der Waals surface area contributed by atoms with Gasteiger partial charge in [0.15, 0.2) is 5.75 Å². The van der Waals surface area contributed by atoms with Gasteiger partial charge in [-0.2, -0.15) is 4.73 Å². The highest BCUT2D eigenvalue weighted by Crippen LogP contribution is 2.11. The van der Waals surface area contributed by atoms with Crippen LogP contribution in [0.2, 0.25) is 0 Å². The molecule has 1 N–H and O–H groups in total. The Bertz CT molecular complexity index is 724. The summed E-state index contributed by atoms with van der Waals surface area (Å²) in [5.41, 5.74) is 0.497. The number of hydrogen-bond acceptors (Lipinski definition) is 3. The van der Waals surface area contributed by atoms with Crippen molar-refractivity contribution in [3.8, 4) is 5.75 Å². The predicted molar refractivity (Wildman–Crippen MR) is 79.1 cm³/mol. The van der Waals surface area contributed by atoms with E-state index < -0.39 is 0 Å². The van der Waals surface area contributed by atoms with E-state index in [9.17, 15) is 4.79 Å². The van der Waals surface area contributed by atoms with Crippen molar-refractivity contribution >= 4 is 11.7 Å². The van der Waals surface area contributed by atoms with Crippen molar-refractivity contribution in [2.45, 2.75) is 0 Å². The quantitative estimate of drug-likeness (QED) is 0.798. The van der Waals surface area contributed by atoms with E-state index in [1.54, 1.807) is 36.8 Å². The first-order valence-corrected chi connectivity index (χ1v) is 6.45. The topological polar surface area (TPSA) is 56.2 Å².